The minimum Gasteiger partial charge on any atom is -0.351 e. The molecule has 2 bridgehead atoms. The number of aromatic nitrogens is 4. The molecule has 11 heteroatoms. The summed E-state index contributed by atoms with van der Waals surface area (Å²) in [5.74, 6) is 2.03. The fraction of sp³-hybridized carbons (Fsp3) is 0.304. The summed E-state index contributed by atoms with van der Waals surface area (Å²) in [6.45, 7) is 2.05. The Kier molecular flexibility index (Phi) is 5.01. The van der Waals surface area contributed by atoms with Crippen LogP contribution in [0.4, 0.5) is 17.6 Å². The zero-order chi connectivity index (χ0) is 23.4. The van der Waals surface area contributed by atoms with Gasteiger partial charge < -0.3 is 10.2 Å². The molecular weight excluding hydrogens is 470 g/mol. The van der Waals surface area contributed by atoms with Gasteiger partial charge in [0, 0.05) is 55.5 Å². The SMILES string of the molecule is CN1C[C@@H]2C[C@H]1CN2c1ccnc(Nc2cc3nc(-c4cccc(S(C)(=O)=O)c4)sc3cn2)n1. The van der Waals surface area contributed by atoms with Crippen LogP contribution in [0.3, 0.4) is 0 Å². The van der Waals surface area contributed by atoms with Crippen LogP contribution in [0.5, 0.6) is 0 Å². The molecule has 0 spiro atoms. The van der Waals surface area contributed by atoms with E-state index >= 15 is 0 Å². The molecule has 1 N–H and O–H groups in total. The van der Waals surface area contributed by atoms with Crippen LogP contribution in [0, 0.1) is 0 Å². The number of hydrogen-bond acceptors (Lipinski definition) is 10. The summed E-state index contributed by atoms with van der Waals surface area (Å²) in [5.41, 5.74) is 1.54. The third kappa shape index (κ3) is 3.89. The largest absolute Gasteiger partial charge is 0.351 e. The average Bonchev–Trinajstić information content (AvgIpc) is 3.52. The number of likely N-dealkylation sites (N-methyl/N-ethyl adjacent to an activating group) is 1. The molecule has 6 rings (SSSR count). The molecule has 0 unspecified atom stereocenters. The van der Waals surface area contributed by atoms with E-state index in [1.54, 1.807) is 30.6 Å². The highest BCUT2D eigenvalue weighted by molar-refractivity contribution is 7.90. The first-order valence-corrected chi connectivity index (χ1v) is 13.7. The van der Waals surface area contributed by atoms with Gasteiger partial charge in [-0.05, 0) is 31.7 Å². The molecule has 2 fully saturated rings. The molecule has 0 radical (unpaired) electrons. The molecule has 0 aliphatic carbocycles. The Bertz CT molecular complexity index is 1500. The lowest BCUT2D eigenvalue weighted by atomic mass is 10.2. The minimum absolute atomic E-state index is 0.277. The smallest absolute Gasteiger partial charge is 0.230 e. The molecule has 0 amide bonds. The van der Waals surface area contributed by atoms with Crippen LogP contribution in [0.2, 0.25) is 0 Å². The van der Waals surface area contributed by atoms with Crippen molar-refractivity contribution >= 4 is 49.0 Å². The van der Waals surface area contributed by atoms with Crippen molar-refractivity contribution in [3.63, 3.8) is 0 Å². The number of anilines is 3. The molecule has 3 aromatic heterocycles. The predicted molar refractivity (Wildman–Crippen MR) is 133 cm³/mol. The molecule has 4 aromatic rings. The van der Waals surface area contributed by atoms with Crippen LogP contribution < -0.4 is 10.2 Å². The Morgan fingerprint density at radius 2 is 1.97 bits per heavy atom. The first kappa shape index (κ1) is 21.4. The van der Waals surface area contributed by atoms with E-state index in [1.807, 2.05) is 18.2 Å². The second kappa shape index (κ2) is 7.97. The topological polar surface area (TPSA) is 104 Å². The number of rotatable bonds is 5. The zero-order valence-corrected chi connectivity index (χ0v) is 20.3. The van der Waals surface area contributed by atoms with Crippen molar-refractivity contribution in [2.24, 2.45) is 0 Å². The number of sulfone groups is 1. The maximum atomic E-state index is 11.9. The van der Waals surface area contributed by atoms with Gasteiger partial charge in [0.25, 0.3) is 0 Å². The fourth-order valence-corrected chi connectivity index (χ4v) is 6.30. The van der Waals surface area contributed by atoms with E-state index < -0.39 is 9.84 Å². The van der Waals surface area contributed by atoms with E-state index in [2.05, 4.69) is 32.1 Å². The Labute approximate surface area is 201 Å². The number of piperazine rings is 1. The van der Waals surface area contributed by atoms with Gasteiger partial charge in [0.15, 0.2) is 9.84 Å². The number of thiazole rings is 1. The van der Waals surface area contributed by atoms with Crippen molar-refractivity contribution in [3.8, 4) is 10.6 Å². The van der Waals surface area contributed by atoms with Crippen molar-refractivity contribution in [1.29, 1.82) is 0 Å². The van der Waals surface area contributed by atoms with Crippen molar-refractivity contribution in [1.82, 2.24) is 24.8 Å². The van der Waals surface area contributed by atoms with Gasteiger partial charge in [0.05, 0.1) is 15.1 Å². The van der Waals surface area contributed by atoms with Crippen molar-refractivity contribution in [3.05, 3.63) is 48.8 Å². The average molecular weight is 494 g/mol. The summed E-state index contributed by atoms with van der Waals surface area (Å²) in [4.78, 5) is 23.4. The van der Waals surface area contributed by atoms with E-state index in [1.165, 1.54) is 24.0 Å². The number of pyridine rings is 1. The second-order valence-electron chi connectivity index (χ2n) is 8.86. The molecule has 2 aliphatic rings. The molecule has 5 heterocycles. The van der Waals surface area contributed by atoms with Gasteiger partial charge in [-0.25, -0.2) is 23.4 Å². The minimum atomic E-state index is -3.29. The van der Waals surface area contributed by atoms with Crippen LogP contribution in [0.1, 0.15) is 6.42 Å². The van der Waals surface area contributed by atoms with Gasteiger partial charge in [-0.1, -0.05) is 12.1 Å². The Morgan fingerprint density at radius 1 is 1.09 bits per heavy atom. The van der Waals surface area contributed by atoms with Crippen LogP contribution in [0.25, 0.3) is 20.8 Å². The molecule has 9 nitrogen and oxygen atoms in total. The van der Waals surface area contributed by atoms with Gasteiger partial charge in [-0.3, -0.25) is 4.90 Å². The molecule has 174 valence electrons. The van der Waals surface area contributed by atoms with Gasteiger partial charge >= 0.3 is 0 Å². The van der Waals surface area contributed by atoms with Crippen LogP contribution in [0.15, 0.2) is 53.7 Å². The van der Waals surface area contributed by atoms with Crippen LogP contribution in [-0.2, 0) is 9.84 Å². The summed E-state index contributed by atoms with van der Waals surface area (Å²) in [5, 5.41) is 3.95. The van der Waals surface area contributed by atoms with E-state index in [4.69, 9.17) is 9.97 Å². The quantitative estimate of drug-likeness (QED) is 0.449. The standard InChI is InChI=1S/C23H23N7O2S2/c1-29-12-16-9-15(29)13-30(16)21-6-7-24-23(28-21)27-20-10-18-19(11-25-20)33-22(26-18)14-4-3-5-17(8-14)34(2,31)32/h3-8,10-11,15-16H,9,12-13H2,1-2H3,(H,24,25,27,28)/t15-,16-/m0/s1. The molecule has 0 saturated carbocycles. The van der Waals surface area contributed by atoms with E-state index in [0.717, 1.165) is 39.7 Å². The van der Waals surface area contributed by atoms with Crippen molar-refractivity contribution in [2.45, 2.75) is 23.4 Å². The normalized spacial score (nSPS) is 20.4. The van der Waals surface area contributed by atoms with Gasteiger partial charge in [0.2, 0.25) is 5.95 Å². The van der Waals surface area contributed by atoms with Crippen molar-refractivity contribution < 1.29 is 8.42 Å². The van der Waals surface area contributed by atoms with E-state index in [9.17, 15) is 8.42 Å². The summed E-state index contributed by atoms with van der Waals surface area (Å²) in [7, 11) is -1.10. The zero-order valence-electron chi connectivity index (χ0n) is 18.7. The Hall–Kier alpha value is -3.15. The summed E-state index contributed by atoms with van der Waals surface area (Å²) in [6, 6.07) is 11.8. The molecule has 1 aromatic carbocycles. The summed E-state index contributed by atoms with van der Waals surface area (Å²) >= 11 is 1.47. The van der Waals surface area contributed by atoms with Crippen LogP contribution in [-0.4, -0.2) is 71.7 Å². The summed E-state index contributed by atoms with van der Waals surface area (Å²) in [6.07, 6.45) is 5.92. The number of fused-ring (bicyclic) bond motifs is 3. The third-order valence-corrected chi connectivity index (χ3v) is 8.64. The third-order valence-electron chi connectivity index (χ3n) is 6.47. The molecule has 2 atom stereocenters. The lowest BCUT2D eigenvalue weighted by Gasteiger charge is -2.32. The molecule has 34 heavy (non-hydrogen) atoms. The number of hydrogen-bond donors (Lipinski definition) is 1. The predicted octanol–water partition coefficient (Wildman–Crippen LogP) is 3.19. The highest BCUT2D eigenvalue weighted by Crippen LogP contribution is 2.34. The number of nitrogens with zero attached hydrogens (tertiary/aromatic N) is 6. The lowest BCUT2D eigenvalue weighted by molar-refractivity contribution is 0.292. The number of benzene rings is 1. The first-order valence-electron chi connectivity index (χ1n) is 11.0. The first-order chi connectivity index (χ1) is 16.3. The maximum absolute atomic E-state index is 11.9. The van der Waals surface area contributed by atoms with Gasteiger partial charge in [-0.2, -0.15) is 4.98 Å². The molecule has 2 saturated heterocycles. The monoisotopic (exact) mass is 493 g/mol. The highest BCUT2D eigenvalue weighted by atomic mass is 32.2. The summed E-state index contributed by atoms with van der Waals surface area (Å²) < 4.78 is 24.7. The fourth-order valence-electron chi connectivity index (χ4n) is 4.72. The van der Waals surface area contributed by atoms with E-state index in [-0.39, 0.29) is 4.90 Å². The van der Waals surface area contributed by atoms with Gasteiger partial charge in [0.1, 0.15) is 16.6 Å². The van der Waals surface area contributed by atoms with Crippen molar-refractivity contribution in [2.75, 3.05) is 36.6 Å². The number of likely N-dealkylation sites (tertiary alicyclic amines) is 1. The lowest BCUT2D eigenvalue weighted by Crippen LogP contribution is -2.44. The number of nitrogens with one attached hydrogen (secondary N) is 1. The maximum Gasteiger partial charge on any atom is 0.230 e. The second-order valence-corrected chi connectivity index (χ2v) is 11.9. The Balaban J connectivity index is 1.25. The molecular formula is C23H23N7O2S2. The molecule has 2 aliphatic heterocycles. The Morgan fingerprint density at radius 3 is 2.74 bits per heavy atom. The van der Waals surface area contributed by atoms with E-state index in [0.29, 0.717) is 23.8 Å². The highest BCUT2D eigenvalue weighted by Gasteiger charge is 2.41. The van der Waals surface area contributed by atoms with Crippen LogP contribution >= 0.6 is 11.3 Å². The van der Waals surface area contributed by atoms with Gasteiger partial charge in [-0.15, -0.1) is 11.3 Å².